The number of ether oxygens (including phenoxy) is 2. The molecule has 0 aromatic heterocycles. The Labute approximate surface area is 218 Å². The number of hydrogen-bond acceptors (Lipinski definition) is 5. The molecule has 1 unspecified atom stereocenters. The molecule has 1 fully saturated rings. The quantitative estimate of drug-likeness (QED) is 0.434. The summed E-state index contributed by atoms with van der Waals surface area (Å²) < 4.78 is 12.4. The number of aromatic hydroxyl groups is 1. The van der Waals surface area contributed by atoms with Crippen LogP contribution in [0.25, 0.3) is 0 Å². The van der Waals surface area contributed by atoms with Crippen molar-refractivity contribution < 1.29 is 24.2 Å². The van der Waals surface area contributed by atoms with Gasteiger partial charge in [-0.05, 0) is 65.0 Å². The molecule has 3 aromatic carbocycles. The van der Waals surface area contributed by atoms with Gasteiger partial charge in [0.05, 0.1) is 24.3 Å². The van der Waals surface area contributed by atoms with Gasteiger partial charge in [-0.15, -0.1) is 0 Å². The van der Waals surface area contributed by atoms with E-state index in [1.54, 1.807) is 11.0 Å². The van der Waals surface area contributed by atoms with E-state index in [2.05, 4.69) is 21.2 Å². The Morgan fingerprint density at radius 1 is 1.11 bits per heavy atom. The van der Waals surface area contributed by atoms with Crippen LogP contribution < -0.4 is 5.32 Å². The van der Waals surface area contributed by atoms with Crippen molar-refractivity contribution in [2.24, 2.45) is 0 Å². The number of rotatable bonds is 5. The average Bonchev–Trinajstić information content (AvgIpc) is 3.35. The molecule has 36 heavy (non-hydrogen) atoms. The van der Waals surface area contributed by atoms with E-state index in [4.69, 9.17) is 9.47 Å². The van der Waals surface area contributed by atoms with Gasteiger partial charge < -0.3 is 19.9 Å². The highest BCUT2D eigenvalue weighted by molar-refractivity contribution is 9.10. The minimum atomic E-state index is -0.825. The van der Waals surface area contributed by atoms with Crippen molar-refractivity contribution in [3.8, 4) is 5.75 Å². The van der Waals surface area contributed by atoms with Gasteiger partial charge in [0.1, 0.15) is 18.1 Å². The highest BCUT2D eigenvalue weighted by Crippen LogP contribution is 2.44. The molecule has 2 atom stereocenters. The van der Waals surface area contributed by atoms with Gasteiger partial charge in [-0.2, -0.15) is 0 Å². The van der Waals surface area contributed by atoms with E-state index in [0.29, 0.717) is 18.6 Å². The molecular formula is C28H27BrN2O5. The third kappa shape index (κ3) is 4.58. The van der Waals surface area contributed by atoms with Crippen molar-refractivity contribution in [3.05, 3.63) is 93.5 Å². The first-order chi connectivity index (χ1) is 17.2. The topological polar surface area (TPSA) is 88.1 Å². The Hall–Kier alpha value is -3.36. The number of nitrogens with zero attached hydrogens (tertiary/aromatic N) is 1. The fraction of sp³-hybridized carbons (Fsp3) is 0.286. The van der Waals surface area contributed by atoms with Crippen LogP contribution >= 0.6 is 15.9 Å². The minimum Gasteiger partial charge on any atom is -0.508 e. The van der Waals surface area contributed by atoms with Crippen LogP contribution in [-0.4, -0.2) is 40.4 Å². The van der Waals surface area contributed by atoms with E-state index in [1.807, 2.05) is 74.5 Å². The van der Waals surface area contributed by atoms with E-state index in [9.17, 15) is 14.7 Å². The third-order valence-corrected chi connectivity index (χ3v) is 7.38. The normalized spacial score (nSPS) is 20.2. The molecule has 0 spiro atoms. The first-order valence-corrected chi connectivity index (χ1v) is 12.6. The summed E-state index contributed by atoms with van der Waals surface area (Å²) in [5, 5.41) is 13.6. The number of amides is 2. The minimum absolute atomic E-state index is 0.0499. The summed E-state index contributed by atoms with van der Waals surface area (Å²) in [7, 11) is 0. The van der Waals surface area contributed by atoms with Crippen LogP contribution in [0.4, 0.5) is 10.5 Å². The van der Waals surface area contributed by atoms with Crippen LogP contribution in [0, 0.1) is 0 Å². The fourth-order valence-electron chi connectivity index (χ4n) is 4.98. The van der Waals surface area contributed by atoms with Crippen LogP contribution in [-0.2, 0) is 27.3 Å². The summed E-state index contributed by atoms with van der Waals surface area (Å²) in [5.74, 6) is -0.768. The monoisotopic (exact) mass is 550 g/mol. The molecule has 2 heterocycles. The van der Waals surface area contributed by atoms with E-state index in [0.717, 1.165) is 26.9 Å². The average molecular weight is 551 g/mol. The Balaban J connectivity index is 1.37. The first kappa shape index (κ1) is 24.3. The zero-order valence-corrected chi connectivity index (χ0v) is 21.6. The summed E-state index contributed by atoms with van der Waals surface area (Å²) in [6.07, 6.45) is 0.0379. The number of fused-ring (bicyclic) bond motifs is 1. The summed E-state index contributed by atoms with van der Waals surface area (Å²) >= 11 is 3.48. The second-order valence-corrected chi connectivity index (χ2v) is 10.4. The second-order valence-electron chi connectivity index (χ2n) is 9.55. The predicted molar refractivity (Wildman–Crippen MR) is 139 cm³/mol. The maximum absolute atomic E-state index is 13.1. The van der Waals surface area contributed by atoms with Gasteiger partial charge in [-0.25, -0.2) is 4.79 Å². The molecule has 3 aromatic rings. The van der Waals surface area contributed by atoms with Crippen molar-refractivity contribution in [3.63, 3.8) is 0 Å². The summed E-state index contributed by atoms with van der Waals surface area (Å²) in [4.78, 5) is 27.6. The maximum Gasteiger partial charge on any atom is 0.412 e. The number of hydrogen-bond donors (Lipinski definition) is 2. The van der Waals surface area contributed by atoms with Gasteiger partial charge in [0.25, 0.3) is 0 Å². The number of benzene rings is 3. The zero-order chi connectivity index (χ0) is 25.4. The molecule has 186 valence electrons. The lowest BCUT2D eigenvalue weighted by Gasteiger charge is -2.33. The van der Waals surface area contributed by atoms with Gasteiger partial charge in [0, 0.05) is 10.0 Å². The van der Waals surface area contributed by atoms with E-state index >= 15 is 0 Å². The number of nitrogens with one attached hydrogen (secondary N) is 1. The van der Waals surface area contributed by atoms with Crippen molar-refractivity contribution in [2.45, 2.75) is 44.6 Å². The van der Waals surface area contributed by atoms with Gasteiger partial charge in [0.15, 0.2) is 0 Å². The zero-order valence-electron chi connectivity index (χ0n) is 20.0. The lowest BCUT2D eigenvalue weighted by atomic mass is 9.89. The van der Waals surface area contributed by atoms with Crippen molar-refractivity contribution in [1.29, 1.82) is 0 Å². The second kappa shape index (κ2) is 9.59. The predicted octanol–water partition coefficient (Wildman–Crippen LogP) is 5.55. The number of para-hydroxylation sites is 1. The largest absolute Gasteiger partial charge is 0.508 e. The molecule has 0 radical (unpaired) electrons. The summed E-state index contributed by atoms with van der Waals surface area (Å²) in [5.41, 5.74) is 3.01. The van der Waals surface area contributed by atoms with Crippen LogP contribution in [0.15, 0.2) is 71.2 Å². The highest BCUT2D eigenvalue weighted by Gasteiger charge is 2.45. The van der Waals surface area contributed by atoms with Crippen LogP contribution in [0.2, 0.25) is 0 Å². The number of carbonyl (C=O) groups excluding carboxylic acids is 2. The Morgan fingerprint density at radius 2 is 1.89 bits per heavy atom. The summed E-state index contributed by atoms with van der Waals surface area (Å²) in [6, 6.07) is 20.1. The highest BCUT2D eigenvalue weighted by atomic mass is 79.9. The fourth-order valence-corrected chi connectivity index (χ4v) is 5.47. The number of phenols is 1. The van der Waals surface area contributed by atoms with Gasteiger partial charge in [0.2, 0.25) is 5.91 Å². The molecule has 2 amide bonds. The molecule has 0 bridgehead atoms. The number of anilines is 1. The molecular weight excluding hydrogens is 524 g/mol. The summed E-state index contributed by atoms with van der Waals surface area (Å²) in [6.45, 7) is 4.21. The molecule has 2 aliphatic rings. The lowest BCUT2D eigenvalue weighted by Crippen LogP contribution is -2.48. The Morgan fingerprint density at radius 3 is 2.67 bits per heavy atom. The molecule has 7 nitrogen and oxygen atoms in total. The van der Waals surface area contributed by atoms with Crippen molar-refractivity contribution in [1.82, 2.24) is 4.90 Å². The molecule has 1 saturated heterocycles. The maximum atomic E-state index is 13.1. The lowest BCUT2D eigenvalue weighted by molar-refractivity contribution is -0.116. The molecule has 0 saturated carbocycles. The smallest absolute Gasteiger partial charge is 0.412 e. The van der Waals surface area contributed by atoms with E-state index < -0.39 is 17.7 Å². The third-order valence-electron chi connectivity index (χ3n) is 6.72. The molecule has 5 rings (SSSR count). The van der Waals surface area contributed by atoms with E-state index in [-0.39, 0.29) is 24.3 Å². The standard InChI is InChI=1S/C28H27BrN2O5/c1-28(2)31(27(34)35-15-17-7-4-3-5-8-17)19(16-36-28)13-18-11-12-23(32)21(14-18)24-20-9-6-10-22(29)25(20)30-26(24)33/h3-12,14,19,24,32H,13,15-16H2,1-2H3,(H,30,33)/t19-,24?/m0/s1. The number of phenolic OH excluding ortho intramolecular Hbond substituents is 1. The van der Waals surface area contributed by atoms with Gasteiger partial charge in [-0.1, -0.05) is 54.6 Å². The van der Waals surface area contributed by atoms with Crippen molar-refractivity contribution in [2.75, 3.05) is 11.9 Å². The SMILES string of the molecule is CC1(C)OC[C@H](Cc2ccc(O)c(C3C(=O)Nc4c(Br)cccc43)c2)N1C(=O)OCc1ccccc1. The molecule has 2 N–H and O–H groups in total. The molecule has 2 aliphatic heterocycles. The number of carbonyl (C=O) groups is 2. The van der Waals surface area contributed by atoms with Crippen LogP contribution in [0.3, 0.4) is 0 Å². The van der Waals surface area contributed by atoms with Crippen LogP contribution in [0.5, 0.6) is 5.75 Å². The number of halogens is 1. The Bertz CT molecular complexity index is 1310. The Kier molecular flexibility index (Phi) is 6.49. The van der Waals surface area contributed by atoms with Crippen LogP contribution in [0.1, 0.15) is 42.0 Å². The van der Waals surface area contributed by atoms with Gasteiger partial charge in [-0.3, -0.25) is 9.69 Å². The van der Waals surface area contributed by atoms with Crippen molar-refractivity contribution >= 4 is 33.6 Å². The molecule has 8 heteroatoms. The van der Waals surface area contributed by atoms with E-state index in [1.165, 1.54) is 0 Å². The van der Waals surface area contributed by atoms with Gasteiger partial charge >= 0.3 is 6.09 Å². The molecule has 0 aliphatic carbocycles. The first-order valence-electron chi connectivity index (χ1n) is 11.8.